The molecule has 1 unspecified atom stereocenters. The Balaban J connectivity index is 1.81. The summed E-state index contributed by atoms with van der Waals surface area (Å²) in [6.07, 6.45) is 0.628. The number of para-hydroxylation sites is 1. The van der Waals surface area contributed by atoms with Gasteiger partial charge in [-0.2, -0.15) is 0 Å². The molecule has 0 bridgehead atoms. The summed E-state index contributed by atoms with van der Waals surface area (Å²) < 4.78 is 41.5. The quantitative estimate of drug-likeness (QED) is 0.817. The van der Waals surface area contributed by atoms with Gasteiger partial charge in [-0.3, -0.25) is 4.79 Å². The molecule has 1 aromatic heterocycles. The Labute approximate surface area is 115 Å². The van der Waals surface area contributed by atoms with Crippen molar-refractivity contribution in [3.8, 4) is 0 Å². The summed E-state index contributed by atoms with van der Waals surface area (Å²) in [5.74, 6) is -0.666. The maximum absolute atomic E-state index is 13.5. The minimum Gasteiger partial charge on any atom is -0.450 e. The van der Waals surface area contributed by atoms with E-state index in [-0.39, 0.29) is 41.0 Å². The van der Waals surface area contributed by atoms with Crippen molar-refractivity contribution in [3.63, 3.8) is 0 Å². The zero-order valence-corrected chi connectivity index (χ0v) is 11.5. The van der Waals surface area contributed by atoms with Gasteiger partial charge >= 0.3 is 0 Å². The van der Waals surface area contributed by atoms with Gasteiger partial charge in [0, 0.05) is 11.8 Å². The van der Waals surface area contributed by atoms with Crippen LogP contribution in [0, 0.1) is 11.7 Å². The number of furan rings is 1. The van der Waals surface area contributed by atoms with Crippen LogP contribution < -0.4 is 0 Å². The van der Waals surface area contributed by atoms with E-state index in [4.69, 9.17) is 4.42 Å². The Bertz CT molecular complexity index is 776. The summed E-state index contributed by atoms with van der Waals surface area (Å²) in [5.41, 5.74) is 0.0647. The minimum atomic E-state index is -3.00. The van der Waals surface area contributed by atoms with E-state index in [1.54, 1.807) is 12.1 Å². The third-order valence-electron chi connectivity index (χ3n) is 3.57. The maximum atomic E-state index is 13.5. The first kappa shape index (κ1) is 13.3. The number of carbonyl (C=O) groups is 1. The molecule has 0 N–H and O–H groups in total. The number of benzene rings is 1. The molecule has 3 rings (SSSR count). The first-order chi connectivity index (χ1) is 9.44. The number of sulfone groups is 1. The molecule has 2 heterocycles. The van der Waals surface area contributed by atoms with Gasteiger partial charge in [0.2, 0.25) is 0 Å². The lowest BCUT2D eigenvalue weighted by Crippen LogP contribution is -2.10. The van der Waals surface area contributed by atoms with Gasteiger partial charge in [0.1, 0.15) is 0 Å². The molecule has 1 atom stereocenters. The summed E-state index contributed by atoms with van der Waals surface area (Å²) in [5, 5.41) is 0.535. The van der Waals surface area contributed by atoms with E-state index in [0.717, 1.165) is 0 Å². The van der Waals surface area contributed by atoms with E-state index in [9.17, 15) is 17.6 Å². The summed E-state index contributed by atoms with van der Waals surface area (Å²) in [6.45, 7) is 0. The third-order valence-corrected chi connectivity index (χ3v) is 5.41. The molecule has 106 valence electrons. The molecule has 6 heteroatoms. The van der Waals surface area contributed by atoms with E-state index < -0.39 is 15.7 Å². The average molecular weight is 296 g/mol. The number of fused-ring (bicyclic) bond motifs is 1. The molecule has 2 aromatic rings. The highest BCUT2D eigenvalue weighted by atomic mass is 32.2. The van der Waals surface area contributed by atoms with Gasteiger partial charge in [-0.15, -0.1) is 0 Å². The van der Waals surface area contributed by atoms with Gasteiger partial charge in [-0.1, -0.05) is 12.1 Å². The number of rotatable bonds is 3. The van der Waals surface area contributed by atoms with E-state index >= 15 is 0 Å². The lowest BCUT2D eigenvalue weighted by atomic mass is 10.0. The number of Topliss-reactive ketones (excluding diaryl/α,β-unsaturated/α-hetero) is 1. The number of carbonyl (C=O) groups excluding carboxylic acids is 1. The van der Waals surface area contributed by atoms with Crippen LogP contribution in [0.3, 0.4) is 0 Å². The van der Waals surface area contributed by atoms with Crippen molar-refractivity contribution in [2.45, 2.75) is 12.8 Å². The number of ketones is 1. The Morgan fingerprint density at radius 1 is 1.40 bits per heavy atom. The van der Waals surface area contributed by atoms with Crippen LogP contribution in [0.5, 0.6) is 0 Å². The van der Waals surface area contributed by atoms with Crippen molar-refractivity contribution in [2.24, 2.45) is 5.92 Å². The van der Waals surface area contributed by atoms with Crippen molar-refractivity contribution in [2.75, 3.05) is 11.5 Å². The van der Waals surface area contributed by atoms with Gasteiger partial charge < -0.3 is 4.42 Å². The number of hydrogen-bond donors (Lipinski definition) is 0. The second-order valence-electron chi connectivity index (χ2n) is 5.17. The summed E-state index contributed by atoms with van der Waals surface area (Å²) in [7, 11) is -3.00. The van der Waals surface area contributed by atoms with Crippen LogP contribution in [0.1, 0.15) is 23.4 Å². The van der Waals surface area contributed by atoms with E-state index in [2.05, 4.69) is 0 Å². The lowest BCUT2D eigenvalue weighted by molar-refractivity contribution is 0.0940. The molecule has 1 saturated heterocycles. The molecule has 1 aliphatic heterocycles. The fourth-order valence-electron chi connectivity index (χ4n) is 2.56. The Kier molecular flexibility index (Phi) is 3.12. The molecule has 0 radical (unpaired) electrons. The molecule has 1 aliphatic rings. The van der Waals surface area contributed by atoms with Crippen molar-refractivity contribution < 1.29 is 22.0 Å². The van der Waals surface area contributed by atoms with Gasteiger partial charge in [0.15, 0.2) is 32.8 Å². The highest BCUT2D eigenvalue weighted by molar-refractivity contribution is 7.91. The van der Waals surface area contributed by atoms with Crippen LogP contribution in [-0.2, 0) is 9.84 Å². The van der Waals surface area contributed by atoms with Crippen molar-refractivity contribution in [1.29, 1.82) is 0 Å². The van der Waals surface area contributed by atoms with Crippen LogP contribution in [-0.4, -0.2) is 25.7 Å². The molecule has 0 amide bonds. The predicted molar refractivity (Wildman–Crippen MR) is 71.9 cm³/mol. The van der Waals surface area contributed by atoms with Gasteiger partial charge in [0.25, 0.3) is 0 Å². The first-order valence-electron chi connectivity index (χ1n) is 6.36. The smallest absolute Gasteiger partial charge is 0.198 e. The molecular weight excluding hydrogens is 283 g/mol. The van der Waals surface area contributed by atoms with Crippen molar-refractivity contribution in [1.82, 2.24) is 0 Å². The van der Waals surface area contributed by atoms with Crippen LogP contribution >= 0.6 is 0 Å². The van der Waals surface area contributed by atoms with Gasteiger partial charge in [-0.05, 0) is 24.5 Å². The molecule has 1 fully saturated rings. The van der Waals surface area contributed by atoms with E-state index in [1.165, 1.54) is 12.1 Å². The van der Waals surface area contributed by atoms with Crippen LogP contribution in [0.2, 0.25) is 0 Å². The highest BCUT2D eigenvalue weighted by Gasteiger charge is 2.30. The Morgan fingerprint density at radius 3 is 2.85 bits per heavy atom. The topological polar surface area (TPSA) is 64.3 Å². The van der Waals surface area contributed by atoms with Crippen LogP contribution in [0.15, 0.2) is 28.7 Å². The highest BCUT2D eigenvalue weighted by Crippen LogP contribution is 2.26. The second kappa shape index (κ2) is 4.70. The molecule has 0 saturated carbocycles. The summed E-state index contributed by atoms with van der Waals surface area (Å²) in [6, 6.07) is 5.98. The normalized spacial score (nSPS) is 21.4. The molecule has 1 aromatic carbocycles. The third kappa shape index (κ3) is 2.47. The average Bonchev–Trinajstić information content (AvgIpc) is 2.94. The van der Waals surface area contributed by atoms with E-state index in [1.807, 2.05) is 0 Å². The minimum absolute atomic E-state index is 0.0489. The number of halogens is 1. The molecule has 20 heavy (non-hydrogen) atoms. The maximum Gasteiger partial charge on any atom is 0.198 e. The Morgan fingerprint density at radius 2 is 2.20 bits per heavy atom. The molecule has 0 spiro atoms. The standard InChI is InChI=1S/C14H13FO4S/c15-11-3-1-2-10-7-13(19-14(10)11)12(16)6-9-4-5-20(17,18)8-9/h1-3,7,9H,4-6,8H2. The largest absolute Gasteiger partial charge is 0.450 e. The Hall–Kier alpha value is -1.69. The fraction of sp³-hybridized carbons (Fsp3) is 0.357. The zero-order chi connectivity index (χ0) is 14.3. The monoisotopic (exact) mass is 296 g/mol. The summed E-state index contributed by atoms with van der Waals surface area (Å²) >= 11 is 0. The fourth-order valence-corrected chi connectivity index (χ4v) is 4.42. The predicted octanol–water partition coefficient (Wildman–Crippen LogP) is 2.58. The van der Waals surface area contributed by atoms with Crippen LogP contribution in [0.4, 0.5) is 4.39 Å². The van der Waals surface area contributed by atoms with Crippen molar-refractivity contribution in [3.05, 3.63) is 35.8 Å². The van der Waals surface area contributed by atoms with Gasteiger partial charge in [-0.25, -0.2) is 12.8 Å². The van der Waals surface area contributed by atoms with Crippen LogP contribution in [0.25, 0.3) is 11.0 Å². The van der Waals surface area contributed by atoms with Crippen molar-refractivity contribution >= 4 is 26.6 Å². The van der Waals surface area contributed by atoms with E-state index in [0.29, 0.717) is 11.8 Å². The molecular formula is C14H13FO4S. The molecule has 4 nitrogen and oxygen atoms in total. The molecule has 0 aliphatic carbocycles. The van der Waals surface area contributed by atoms with Gasteiger partial charge in [0.05, 0.1) is 11.5 Å². The summed E-state index contributed by atoms with van der Waals surface area (Å²) in [4.78, 5) is 12.1. The second-order valence-corrected chi connectivity index (χ2v) is 7.39. The first-order valence-corrected chi connectivity index (χ1v) is 8.18. The lowest BCUT2D eigenvalue weighted by Gasteiger charge is -2.03. The zero-order valence-electron chi connectivity index (χ0n) is 10.6. The SMILES string of the molecule is O=C(CC1CCS(=O)(=O)C1)c1cc2cccc(F)c2o1. The number of hydrogen-bond acceptors (Lipinski definition) is 4.